The van der Waals surface area contributed by atoms with Crippen molar-refractivity contribution in [1.29, 1.82) is 0 Å². The largest absolute Gasteiger partial charge is 0.534 e. The molecule has 0 radical (unpaired) electrons. The van der Waals surface area contributed by atoms with Gasteiger partial charge in [-0.2, -0.15) is 21.6 Å². The van der Waals surface area contributed by atoms with E-state index in [1.165, 1.54) is 19.9 Å². The molecule has 1 N–H and O–H groups in total. The normalized spacial score (nSPS) is 22.5. The molecular formula is C13H20F3NO5S. The van der Waals surface area contributed by atoms with Crippen molar-refractivity contribution < 1.29 is 35.7 Å². The minimum Gasteiger partial charge on any atom is -0.465 e. The Kier molecular flexibility index (Phi) is 4.75. The van der Waals surface area contributed by atoms with E-state index >= 15 is 0 Å². The van der Waals surface area contributed by atoms with Crippen LogP contribution in [0.3, 0.4) is 0 Å². The zero-order valence-corrected chi connectivity index (χ0v) is 14.2. The molecule has 0 aromatic rings. The average Bonchev–Trinajstić information content (AvgIpc) is 2.27. The average molecular weight is 359 g/mol. The highest BCUT2D eigenvalue weighted by molar-refractivity contribution is 7.87. The molecule has 6 nitrogen and oxygen atoms in total. The maximum absolute atomic E-state index is 12.5. The van der Waals surface area contributed by atoms with Gasteiger partial charge in [-0.15, -0.1) is 0 Å². The summed E-state index contributed by atoms with van der Waals surface area (Å²) in [4.78, 5) is 12.5. The summed E-state index contributed by atoms with van der Waals surface area (Å²) in [6.07, 6.45) is -0.117. The summed E-state index contributed by atoms with van der Waals surface area (Å²) in [5, 5.41) is 9.46. The predicted molar refractivity (Wildman–Crippen MR) is 75.9 cm³/mol. The number of hydrogen-bond donors (Lipinski definition) is 1. The Balaban J connectivity index is 3.33. The van der Waals surface area contributed by atoms with E-state index in [1.807, 2.05) is 0 Å². The first kappa shape index (κ1) is 19.6. The molecule has 0 bridgehead atoms. The maximum atomic E-state index is 12.5. The highest BCUT2D eigenvalue weighted by Gasteiger charge is 2.53. The zero-order valence-electron chi connectivity index (χ0n) is 13.4. The Bertz CT molecular complexity index is 617. The molecule has 0 aromatic carbocycles. The Morgan fingerprint density at radius 2 is 1.83 bits per heavy atom. The summed E-state index contributed by atoms with van der Waals surface area (Å²) in [6.45, 7) is 7.97. The number of amides is 1. The molecule has 1 unspecified atom stereocenters. The molecule has 0 fully saturated rings. The predicted octanol–water partition coefficient (Wildman–Crippen LogP) is 3.31. The summed E-state index contributed by atoms with van der Waals surface area (Å²) in [6, 6.07) is -0.545. The summed E-state index contributed by atoms with van der Waals surface area (Å²) < 4.78 is 64.1. The third-order valence-corrected chi connectivity index (χ3v) is 4.70. The monoisotopic (exact) mass is 359 g/mol. The maximum Gasteiger partial charge on any atom is 0.534 e. The van der Waals surface area contributed by atoms with E-state index < -0.39 is 44.5 Å². The molecular weight excluding hydrogens is 339 g/mol. The van der Waals surface area contributed by atoms with Crippen LogP contribution in [0.4, 0.5) is 18.0 Å². The number of hydrogen-bond acceptors (Lipinski definition) is 4. The molecule has 10 heteroatoms. The van der Waals surface area contributed by atoms with E-state index in [0.29, 0.717) is 0 Å². The van der Waals surface area contributed by atoms with Crippen LogP contribution in [-0.2, 0) is 14.3 Å². The van der Waals surface area contributed by atoms with Gasteiger partial charge in [-0.25, -0.2) is 4.79 Å². The molecule has 23 heavy (non-hydrogen) atoms. The molecule has 0 saturated heterocycles. The van der Waals surface area contributed by atoms with Gasteiger partial charge in [0.15, 0.2) is 0 Å². The van der Waals surface area contributed by atoms with Gasteiger partial charge >= 0.3 is 21.7 Å². The first-order chi connectivity index (χ1) is 10.0. The van der Waals surface area contributed by atoms with Gasteiger partial charge in [-0.3, -0.25) is 4.90 Å². The molecule has 1 atom stereocenters. The van der Waals surface area contributed by atoms with Crippen molar-refractivity contribution in [1.82, 2.24) is 4.90 Å². The number of nitrogens with zero attached hydrogens (tertiary/aromatic N) is 1. The molecule has 134 valence electrons. The van der Waals surface area contributed by atoms with Crippen molar-refractivity contribution in [3.63, 3.8) is 0 Å². The second-order valence-electron chi connectivity index (χ2n) is 6.88. The summed E-state index contributed by atoms with van der Waals surface area (Å²) >= 11 is 0. The molecule has 0 aliphatic carbocycles. The summed E-state index contributed by atoms with van der Waals surface area (Å²) in [5.41, 5.74) is -7.65. The molecule has 1 rings (SSSR count). The quantitative estimate of drug-likeness (QED) is 0.604. The van der Waals surface area contributed by atoms with Crippen LogP contribution < -0.4 is 0 Å². The van der Waals surface area contributed by atoms with Crippen LogP contribution in [0.2, 0.25) is 0 Å². The summed E-state index contributed by atoms with van der Waals surface area (Å²) in [7, 11) is -5.86. The van der Waals surface area contributed by atoms with Gasteiger partial charge in [0, 0.05) is 6.04 Å². The minimum atomic E-state index is -5.86. The third kappa shape index (κ3) is 3.73. The molecule has 1 aliphatic heterocycles. The van der Waals surface area contributed by atoms with E-state index in [4.69, 9.17) is 0 Å². The van der Waals surface area contributed by atoms with Crippen LogP contribution in [-0.4, -0.2) is 41.6 Å². The van der Waals surface area contributed by atoms with Crippen LogP contribution in [0.5, 0.6) is 0 Å². The lowest BCUT2D eigenvalue weighted by molar-refractivity contribution is -0.0550. The van der Waals surface area contributed by atoms with Crippen LogP contribution in [0.1, 0.15) is 41.0 Å². The fourth-order valence-corrected chi connectivity index (χ4v) is 3.10. The highest BCUT2D eigenvalue weighted by atomic mass is 32.2. The van der Waals surface area contributed by atoms with Crippen molar-refractivity contribution in [2.45, 2.75) is 58.1 Å². The van der Waals surface area contributed by atoms with Crippen molar-refractivity contribution in [3.05, 3.63) is 11.8 Å². The second kappa shape index (κ2) is 5.57. The Morgan fingerprint density at radius 1 is 1.35 bits per heavy atom. The Hall–Kier alpha value is -1.45. The van der Waals surface area contributed by atoms with E-state index in [0.717, 1.165) is 4.90 Å². The second-order valence-corrected chi connectivity index (χ2v) is 8.42. The smallest absolute Gasteiger partial charge is 0.465 e. The fraction of sp³-hybridized carbons (Fsp3) is 0.769. The van der Waals surface area contributed by atoms with Gasteiger partial charge in [0.25, 0.3) is 0 Å². The molecule has 0 aromatic heterocycles. The van der Waals surface area contributed by atoms with E-state index in [9.17, 15) is 31.5 Å². The lowest BCUT2D eigenvalue weighted by Gasteiger charge is -2.49. The number of alkyl halides is 3. The van der Waals surface area contributed by atoms with E-state index in [2.05, 4.69) is 4.18 Å². The lowest BCUT2D eigenvalue weighted by atomic mass is 9.78. The lowest BCUT2D eigenvalue weighted by Crippen LogP contribution is -2.60. The van der Waals surface area contributed by atoms with Crippen LogP contribution >= 0.6 is 0 Å². The van der Waals surface area contributed by atoms with Gasteiger partial charge < -0.3 is 9.29 Å². The number of carbonyl (C=O) groups is 1. The summed E-state index contributed by atoms with van der Waals surface area (Å²) in [5.74, 6) is -0.558. The van der Waals surface area contributed by atoms with E-state index in [-0.39, 0.29) is 6.42 Å². The minimum absolute atomic E-state index is 0.0436. The number of carboxylic acid groups (broad SMARTS) is 1. The number of halogens is 3. The molecule has 1 aliphatic rings. The van der Waals surface area contributed by atoms with Crippen molar-refractivity contribution in [2.24, 2.45) is 5.41 Å². The van der Waals surface area contributed by atoms with Crippen molar-refractivity contribution >= 4 is 16.2 Å². The third-order valence-electron chi connectivity index (χ3n) is 3.73. The van der Waals surface area contributed by atoms with Crippen LogP contribution in [0, 0.1) is 5.41 Å². The molecule has 1 amide bonds. The van der Waals surface area contributed by atoms with Gasteiger partial charge in [0.2, 0.25) is 0 Å². The van der Waals surface area contributed by atoms with Gasteiger partial charge in [-0.1, -0.05) is 20.8 Å². The first-order valence-corrected chi connectivity index (χ1v) is 8.16. The number of rotatable bonds is 2. The fourth-order valence-electron chi connectivity index (χ4n) is 2.50. The van der Waals surface area contributed by atoms with Gasteiger partial charge in [0.05, 0.1) is 5.54 Å². The highest BCUT2D eigenvalue weighted by Crippen LogP contribution is 2.41. The van der Waals surface area contributed by atoms with E-state index in [1.54, 1.807) is 20.8 Å². The Morgan fingerprint density at radius 3 is 2.17 bits per heavy atom. The van der Waals surface area contributed by atoms with Gasteiger partial charge in [0.1, 0.15) is 5.76 Å². The van der Waals surface area contributed by atoms with Crippen LogP contribution in [0.15, 0.2) is 11.8 Å². The molecule has 0 saturated carbocycles. The van der Waals surface area contributed by atoms with Crippen LogP contribution in [0.25, 0.3) is 0 Å². The van der Waals surface area contributed by atoms with Crippen molar-refractivity contribution in [3.8, 4) is 0 Å². The Labute approximate surface area is 133 Å². The van der Waals surface area contributed by atoms with Crippen molar-refractivity contribution in [2.75, 3.05) is 0 Å². The molecule has 0 spiro atoms. The standard InChI is InChI=1S/C13H20F3NO5S/c1-11(2,3)8-6-7-9(12(4,5)17(8)10(18)19)22-23(20,21)13(14,15)16/h7-8H,6H2,1-5H3,(H,18,19). The first-order valence-electron chi connectivity index (χ1n) is 6.75. The van der Waals surface area contributed by atoms with Gasteiger partial charge in [-0.05, 0) is 31.8 Å². The SMILES string of the molecule is CC(C)(C)C1CC=C(OS(=O)(=O)C(F)(F)F)C(C)(C)N1C(=O)O. The zero-order chi connectivity index (χ0) is 18.4. The molecule has 1 heterocycles. The topological polar surface area (TPSA) is 83.9 Å².